The number of hydrogen-bond donors (Lipinski definition) is 4. The molecule has 2 rings (SSSR count). The van der Waals surface area contributed by atoms with Crippen LogP contribution in [0, 0.1) is 11.6 Å². The van der Waals surface area contributed by atoms with E-state index in [-0.39, 0.29) is 28.2 Å². The van der Waals surface area contributed by atoms with Crippen molar-refractivity contribution in [2.45, 2.75) is 25.9 Å². The number of phenols is 1. The first-order valence-corrected chi connectivity index (χ1v) is 12.3. The van der Waals surface area contributed by atoms with Gasteiger partial charge in [0.05, 0.1) is 5.56 Å². The van der Waals surface area contributed by atoms with Crippen molar-refractivity contribution in [3.8, 4) is 16.9 Å². The Balaban J connectivity index is 2.14. The van der Waals surface area contributed by atoms with Gasteiger partial charge in [0.15, 0.2) is 0 Å². The van der Waals surface area contributed by atoms with Gasteiger partial charge in [0.1, 0.15) is 29.5 Å². The molecule has 0 saturated carbocycles. The summed E-state index contributed by atoms with van der Waals surface area (Å²) in [4.78, 5) is 59.7. The monoisotopic (exact) mass is 539 g/mol. The van der Waals surface area contributed by atoms with Crippen LogP contribution in [0.4, 0.5) is 8.78 Å². The van der Waals surface area contributed by atoms with E-state index in [4.69, 9.17) is 5.73 Å². The molecular formula is C23H23F2N3O6S2. The fraction of sp³-hybridized carbons (Fsp3) is 0.261. The summed E-state index contributed by atoms with van der Waals surface area (Å²) in [5.74, 6) is -4.34. The zero-order valence-corrected chi connectivity index (χ0v) is 20.8. The number of hydrogen-bond acceptors (Lipinski definition) is 8. The minimum atomic E-state index is -1.15. The van der Waals surface area contributed by atoms with Crippen molar-refractivity contribution < 1.29 is 37.9 Å². The smallest absolute Gasteiger partial charge is 0.240 e. The summed E-state index contributed by atoms with van der Waals surface area (Å²) in [5.41, 5.74) is 5.27. The highest BCUT2D eigenvalue weighted by Crippen LogP contribution is 2.30. The molecule has 0 bridgehead atoms. The van der Waals surface area contributed by atoms with Gasteiger partial charge in [-0.1, -0.05) is 29.6 Å². The first-order chi connectivity index (χ1) is 16.9. The molecule has 13 heteroatoms. The maximum absolute atomic E-state index is 14.2. The molecule has 0 radical (unpaired) electrons. The van der Waals surface area contributed by atoms with E-state index >= 15 is 0 Å². The fourth-order valence-electron chi connectivity index (χ4n) is 2.95. The third kappa shape index (κ3) is 8.34. The van der Waals surface area contributed by atoms with Crippen molar-refractivity contribution in [1.29, 1.82) is 0 Å². The van der Waals surface area contributed by atoms with Gasteiger partial charge < -0.3 is 21.5 Å². The molecule has 0 aromatic heterocycles. The first-order valence-electron chi connectivity index (χ1n) is 10.3. The van der Waals surface area contributed by atoms with Crippen LogP contribution in [0.15, 0.2) is 36.4 Å². The van der Waals surface area contributed by atoms with Crippen LogP contribution in [-0.4, -0.2) is 56.6 Å². The van der Waals surface area contributed by atoms with Crippen LogP contribution < -0.4 is 16.4 Å². The summed E-state index contributed by atoms with van der Waals surface area (Å²) in [6.45, 7) is 2.35. The van der Waals surface area contributed by atoms with E-state index < -0.39 is 57.4 Å². The highest BCUT2D eigenvalue weighted by atomic mass is 32.2. The molecule has 0 saturated heterocycles. The summed E-state index contributed by atoms with van der Waals surface area (Å²) in [7, 11) is 0. The van der Waals surface area contributed by atoms with E-state index in [0.29, 0.717) is 29.6 Å². The molecule has 0 aliphatic rings. The summed E-state index contributed by atoms with van der Waals surface area (Å²) in [6.07, 6.45) is 0. The average molecular weight is 540 g/mol. The lowest BCUT2D eigenvalue weighted by molar-refractivity contribution is -0.125. The Morgan fingerprint density at radius 2 is 1.53 bits per heavy atom. The fourth-order valence-corrected chi connectivity index (χ4v) is 4.85. The van der Waals surface area contributed by atoms with Gasteiger partial charge in [-0.15, -0.1) is 0 Å². The zero-order chi connectivity index (χ0) is 27.0. The van der Waals surface area contributed by atoms with Gasteiger partial charge in [-0.2, -0.15) is 0 Å². The molecule has 0 aliphatic heterocycles. The minimum Gasteiger partial charge on any atom is -0.507 e. The molecule has 0 unspecified atom stereocenters. The number of rotatable bonds is 10. The number of primary amides is 1. The largest absolute Gasteiger partial charge is 0.507 e. The predicted molar refractivity (Wildman–Crippen MR) is 132 cm³/mol. The summed E-state index contributed by atoms with van der Waals surface area (Å²) >= 11 is 1.26. The lowest BCUT2D eigenvalue weighted by Crippen LogP contribution is -2.46. The summed E-state index contributed by atoms with van der Waals surface area (Å²) in [6, 6.07) is 4.45. The Hall–Kier alpha value is -3.45. The third-order valence-electron chi connectivity index (χ3n) is 4.61. The molecule has 5 N–H and O–H groups in total. The number of carbonyl (C=O) groups is 5. The van der Waals surface area contributed by atoms with Gasteiger partial charge in [-0.25, -0.2) is 8.78 Å². The standard InChI is InChI=1S/C23H23F2N3O6S2/c1-11(29)27-18(21(26)32)9-36-23(34)19(28-12(2)30)10-35-22(33)16-7-13(3-6-20(16)31)15-5-4-14(24)8-17(15)25/h3-8,18-19,31H,9-10H2,1-2H3,(H2,26,32)(H,27,29)(H,28,30)/t18-,19-/m1/s1. The molecule has 192 valence electrons. The maximum atomic E-state index is 14.2. The van der Waals surface area contributed by atoms with Gasteiger partial charge in [0.2, 0.25) is 28.0 Å². The normalized spacial score (nSPS) is 12.3. The van der Waals surface area contributed by atoms with Crippen molar-refractivity contribution in [1.82, 2.24) is 10.6 Å². The zero-order valence-electron chi connectivity index (χ0n) is 19.2. The van der Waals surface area contributed by atoms with E-state index in [2.05, 4.69) is 10.6 Å². The number of aromatic hydroxyl groups is 1. The molecule has 0 aliphatic carbocycles. The predicted octanol–water partition coefficient (Wildman–Crippen LogP) is 1.97. The number of phenolic OH excluding ortho intramolecular Hbond substituents is 1. The van der Waals surface area contributed by atoms with E-state index in [1.54, 1.807) is 0 Å². The van der Waals surface area contributed by atoms with E-state index in [1.165, 1.54) is 38.1 Å². The maximum Gasteiger partial charge on any atom is 0.240 e. The Kier molecular flexibility index (Phi) is 10.4. The lowest BCUT2D eigenvalue weighted by atomic mass is 10.0. The second-order valence-electron chi connectivity index (χ2n) is 7.49. The van der Waals surface area contributed by atoms with Crippen LogP contribution in [-0.2, 0) is 19.2 Å². The molecule has 3 amide bonds. The molecule has 9 nitrogen and oxygen atoms in total. The van der Waals surface area contributed by atoms with Crippen LogP contribution in [0.5, 0.6) is 5.75 Å². The molecular weight excluding hydrogens is 516 g/mol. The summed E-state index contributed by atoms with van der Waals surface area (Å²) in [5, 5.41) is 13.6. The van der Waals surface area contributed by atoms with Crippen molar-refractivity contribution in [3.05, 3.63) is 53.6 Å². The van der Waals surface area contributed by atoms with Crippen LogP contribution in [0.1, 0.15) is 24.2 Å². The van der Waals surface area contributed by atoms with Crippen molar-refractivity contribution in [2.75, 3.05) is 11.5 Å². The highest BCUT2D eigenvalue weighted by Gasteiger charge is 2.26. The molecule has 0 heterocycles. The number of benzene rings is 2. The molecule has 0 fully saturated rings. The minimum absolute atomic E-state index is 0.0151. The highest BCUT2D eigenvalue weighted by molar-refractivity contribution is 8.15. The summed E-state index contributed by atoms with van der Waals surface area (Å²) < 4.78 is 27.4. The molecule has 2 aromatic rings. The quantitative estimate of drug-likeness (QED) is 0.357. The topological polar surface area (TPSA) is 156 Å². The number of nitrogens with two attached hydrogens (primary N) is 1. The Bertz CT molecular complexity index is 1190. The van der Waals surface area contributed by atoms with Gasteiger partial charge in [-0.3, -0.25) is 24.0 Å². The molecule has 2 atom stereocenters. The lowest BCUT2D eigenvalue weighted by Gasteiger charge is -2.18. The Morgan fingerprint density at radius 1 is 0.917 bits per heavy atom. The molecule has 36 heavy (non-hydrogen) atoms. The van der Waals surface area contributed by atoms with E-state index in [1.807, 2.05) is 0 Å². The Labute approximate surface area is 213 Å². The molecule has 2 aromatic carbocycles. The average Bonchev–Trinajstić information content (AvgIpc) is 2.79. The SMILES string of the molecule is CC(=O)N[C@H](CSC(=O)[C@@H](CSC(=O)c1cc(-c2ccc(F)cc2F)ccc1O)NC(C)=O)C(N)=O. The second-order valence-corrected chi connectivity index (χ2v) is 9.51. The number of thioether (sulfide) groups is 2. The van der Waals surface area contributed by atoms with E-state index in [0.717, 1.165) is 6.07 Å². The number of carbonyl (C=O) groups excluding carboxylic acids is 5. The van der Waals surface area contributed by atoms with Crippen LogP contribution in [0.3, 0.4) is 0 Å². The van der Waals surface area contributed by atoms with Crippen LogP contribution in [0.25, 0.3) is 11.1 Å². The van der Waals surface area contributed by atoms with Crippen molar-refractivity contribution in [2.24, 2.45) is 5.73 Å². The first kappa shape index (κ1) is 28.8. The second kappa shape index (κ2) is 13.0. The van der Waals surface area contributed by atoms with Crippen molar-refractivity contribution in [3.63, 3.8) is 0 Å². The van der Waals surface area contributed by atoms with Crippen molar-refractivity contribution >= 4 is 51.5 Å². The van der Waals surface area contributed by atoms with E-state index in [9.17, 15) is 37.9 Å². The third-order valence-corrected chi connectivity index (χ3v) is 6.67. The number of nitrogens with one attached hydrogen (secondary N) is 2. The van der Waals surface area contributed by atoms with Crippen LogP contribution >= 0.6 is 23.5 Å². The number of amides is 3. The van der Waals surface area contributed by atoms with Gasteiger partial charge >= 0.3 is 0 Å². The van der Waals surface area contributed by atoms with Gasteiger partial charge in [-0.05, 0) is 29.8 Å². The van der Waals surface area contributed by atoms with Crippen LogP contribution in [0.2, 0.25) is 0 Å². The van der Waals surface area contributed by atoms with Gasteiger partial charge in [0.25, 0.3) is 0 Å². The van der Waals surface area contributed by atoms with Gasteiger partial charge in [0, 0.05) is 37.0 Å². The molecule has 0 spiro atoms. The Morgan fingerprint density at radius 3 is 2.11 bits per heavy atom. The number of halogens is 2.